The Morgan fingerprint density at radius 1 is 1.39 bits per heavy atom. The molecule has 1 aromatic heterocycles. The molecule has 96 valence electrons. The van der Waals surface area contributed by atoms with E-state index >= 15 is 0 Å². The summed E-state index contributed by atoms with van der Waals surface area (Å²) in [4.78, 5) is 4.69. The summed E-state index contributed by atoms with van der Waals surface area (Å²) in [6, 6.07) is 8.33. The maximum absolute atomic E-state index is 6.29. The van der Waals surface area contributed by atoms with E-state index in [4.69, 9.17) is 11.6 Å². The van der Waals surface area contributed by atoms with Gasteiger partial charge in [0.2, 0.25) is 0 Å². The predicted molar refractivity (Wildman–Crippen MR) is 76.0 cm³/mol. The first-order chi connectivity index (χ1) is 8.65. The monoisotopic (exact) mass is 262 g/mol. The van der Waals surface area contributed by atoms with Crippen LogP contribution in [0.15, 0.2) is 24.3 Å². The Hall–Kier alpha value is -1.02. The molecule has 1 aromatic carbocycles. The summed E-state index contributed by atoms with van der Waals surface area (Å²) < 4.78 is 2.34. The third-order valence-corrected chi connectivity index (χ3v) is 4.44. The van der Waals surface area contributed by atoms with Gasteiger partial charge in [-0.2, -0.15) is 0 Å². The van der Waals surface area contributed by atoms with Crippen LogP contribution < -0.4 is 0 Å². The fourth-order valence-corrected chi connectivity index (χ4v) is 2.87. The fourth-order valence-electron chi connectivity index (χ4n) is 2.70. The minimum atomic E-state index is -0.0370. The van der Waals surface area contributed by atoms with Crippen LogP contribution in [0.5, 0.6) is 0 Å². The maximum Gasteiger partial charge on any atom is 0.127 e. The quantitative estimate of drug-likeness (QED) is 0.741. The van der Waals surface area contributed by atoms with Crippen molar-refractivity contribution in [2.75, 3.05) is 0 Å². The van der Waals surface area contributed by atoms with Crippen LogP contribution in [0.3, 0.4) is 0 Å². The van der Waals surface area contributed by atoms with Gasteiger partial charge in [0.15, 0.2) is 0 Å². The molecule has 0 bridgehead atoms. The highest BCUT2D eigenvalue weighted by Crippen LogP contribution is 2.50. The van der Waals surface area contributed by atoms with E-state index in [0.717, 1.165) is 17.9 Å². The standard InChI is InChI=1S/C15H19ClN2/c1-3-15(8-9-15)10-18-13-7-5-4-6-12(13)17-14(18)11(2)16/h4-7,11H,3,8-10H2,1-2H3. The molecular weight excluding hydrogens is 244 g/mol. The van der Waals surface area contributed by atoms with E-state index in [-0.39, 0.29) is 5.38 Å². The molecule has 0 amide bonds. The van der Waals surface area contributed by atoms with Crippen LogP contribution in [-0.4, -0.2) is 9.55 Å². The molecule has 0 saturated heterocycles. The number of hydrogen-bond donors (Lipinski definition) is 0. The smallest absolute Gasteiger partial charge is 0.127 e. The van der Waals surface area contributed by atoms with Gasteiger partial charge in [-0.1, -0.05) is 19.1 Å². The van der Waals surface area contributed by atoms with Crippen LogP contribution in [0.25, 0.3) is 11.0 Å². The van der Waals surface area contributed by atoms with Gasteiger partial charge in [-0.05, 0) is 43.7 Å². The lowest BCUT2D eigenvalue weighted by Crippen LogP contribution is -2.13. The molecule has 0 spiro atoms. The Morgan fingerprint density at radius 2 is 2.11 bits per heavy atom. The normalized spacial score (nSPS) is 19.1. The number of alkyl halides is 1. The van der Waals surface area contributed by atoms with Crippen molar-refractivity contribution in [1.82, 2.24) is 9.55 Å². The Bertz CT molecular complexity index is 567. The zero-order chi connectivity index (χ0) is 12.8. The Kier molecular flexibility index (Phi) is 2.86. The number of aromatic nitrogens is 2. The molecule has 0 N–H and O–H groups in total. The molecule has 3 rings (SSSR count). The first-order valence-electron chi connectivity index (χ1n) is 6.74. The van der Waals surface area contributed by atoms with E-state index in [2.05, 4.69) is 34.7 Å². The van der Waals surface area contributed by atoms with E-state index in [0.29, 0.717) is 5.41 Å². The van der Waals surface area contributed by atoms with Crippen molar-refractivity contribution in [2.24, 2.45) is 5.41 Å². The van der Waals surface area contributed by atoms with Gasteiger partial charge in [-0.3, -0.25) is 0 Å². The van der Waals surface area contributed by atoms with Crippen molar-refractivity contribution in [2.45, 2.75) is 45.0 Å². The molecule has 0 aliphatic heterocycles. The second kappa shape index (κ2) is 4.27. The van der Waals surface area contributed by atoms with Crippen LogP contribution in [0.4, 0.5) is 0 Å². The number of imidazole rings is 1. The average molecular weight is 263 g/mol. The van der Waals surface area contributed by atoms with Gasteiger partial charge >= 0.3 is 0 Å². The molecule has 1 unspecified atom stereocenters. The van der Waals surface area contributed by atoms with Crippen molar-refractivity contribution >= 4 is 22.6 Å². The molecule has 2 aromatic rings. The van der Waals surface area contributed by atoms with E-state index < -0.39 is 0 Å². The third kappa shape index (κ3) is 1.93. The number of rotatable bonds is 4. The van der Waals surface area contributed by atoms with E-state index in [1.54, 1.807) is 0 Å². The van der Waals surface area contributed by atoms with Crippen molar-refractivity contribution in [3.05, 3.63) is 30.1 Å². The Morgan fingerprint density at radius 3 is 2.72 bits per heavy atom. The molecular formula is C15H19ClN2. The van der Waals surface area contributed by atoms with Crippen molar-refractivity contribution < 1.29 is 0 Å². The van der Waals surface area contributed by atoms with Crippen LogP contribution >= 0.6 is 11.6 Å². The summed E-state index contributed by atoms with van der Waals surface area (Å²) in [5, 5.41) is -0.0370. The number of para-hydroxylation sites is 2. The Balaban J connectivity index is 2.09. The summed E-state index contributed by atoms with van der Waals surface area (Å²) in [5.41, 5.74) is 2.79. The van der Waals surface area contributed by atoms with Crippen LogP contribution in [-0.2, 0) is 6.54 Å². The van der Waals surface area contributed by atoms with E-state index in [1.165, 1.54) is 24.8 Å². The van der Waals surface area contributed by atoms with Crippen LogP contribution in [0.2, 0.25) is 0 Å². The molecule has 18 heavy (non-hydrogen) atoms. The van der Waals surface area contributed by atoms with Crippen molar-refractivity contribution in [3.8, 4) is 0 Å². The summed E-state index contributed by atoms with van der Waals surface area (Å²) >= 11 is 6.29. The van der Waals surface area contributed by atoms with Gasteiger partial charge in [0.25, 0.3) is 0 Å². The molecule has 3 heteroatoms. The predicted octanol–water partition coefficient (Wildman–Crippen LogP) is 4.53. The third-order valence-electron chi connectivity index (χ3n) is 4.24. The maximum atomic E-state index is 6.29. The Labute approximate surface area is 113 Å². The number of halogens is 1. The molecule has 1 aliphatic rings. The molecule has 1 saturated carbocycles. The van der Waals surface area contributed by atoms with Gasteiger partial charge in [-0.15, -0.1) is 11.6 Å². The lowest BCUT2D eigenvalue weighted by molar-refractivity contribution is 0.407. The molecule has 1 heterocycles. The summed E-state index contributed by atoms with van der Waals surface area (Å²) in [6.45, 7) is 5.36. The highest BCUT2D eigenvalue weighted by molar-refractivity contribution is 6.20. The topological polar surface area (TPSA) is 17.8 Å². The average Bonchev–Trinajstić information content (AvgIpc) is 3.05. The summed E-state index contributed by atoms with van der Waals surface area (Å²) in [5.74, 6) is 1.01. The lowest BCUT2D eigenvalue weighted by atomic mass is 10.0. The molecule has 1 aliphatic carbocycles. The second-order valence-corrected chi connectivity index (χ2v) is 6.17. The minimum Gasteiger partial charge on any atom is -0.326 e. The zero-order valence-electron chi connectivity index (χ0n) is 11.0. The lowest BCUT2D eigenvalue weighted by Gasteiger charge is -2.17. The molecule has 2 nitrogen and oxygen atoms in total. The highest BCUT2D eigenvalue weighted by Gasteiger charge is 2.41. The number of benzene rings is 1. The first kappa shape index (κ1) is 12.0. The fraction of sp³-hybridized carbons (Fsp3) is 0.533. The highest BCUT2D eigenvalue weighted by atomic mass is 35.5. The van der Waals surface area contributed by atoms with Gasteiger partial charge in [0, 0.05) is 6.54 Å². The summed E-state index contributed by atoms with van der Waals surface area (Å²) in [6.07, 6.45) is 3.92. The number of nitrogens with zero attached hydrogens (tertiary/aromatic N) is 2. The first-order valence-corrected chi connectivity index (χ1v) is 7.18. The van der Waals surface area contributed by atoms with E-state index in [1.807, 2.05) is 13.0 Å². The van der Waals surface area contributed by atoms with E-state index in [9.17, 15) is 0 Å². The second-order valence-electron chi connectivity index (χ2n) is 5.51. The van der Waals surface area contributed by atoms with Crippen LogP contribution in [0.1, 0.15) is 44.3 Å². The number of fused-ring (bicyclic) bond motifs is 1. The minimum absolute atomic E-state index is 0.0370. The van der Waals surface area contributed by atoms with Gasteiger partial charge in [-0.25, -0.2) is 4.98 Å². The van der Waals surface area contributed by atoms with Crippen molar-refractivity contribution in [1.29, 1.82) is 0 Å². The SMILES string of the molecule is CCC1(Cn2c(C(C)Cl)nc3ccccc32)CC1. The van der Waals surface area contributed by atoms with Crippen LogP contribution in [0, 0.1) is 5.41 Å². The molecule has 0 radical (unpaired) electrons. The van der Waals surface area contributed by atoms with Gasteiger partial charge in [0.1, 0.15) is 5.82 Å². The van der Waals surface area contributed by atoms with Gasteiger partial charge in [0.05, 0.1) is 16.4 Å². The largest absolute Gasteiger partial charge is 0.326 e. The molecule has 1 atom stereocenters. The van der Waals surface area contributed by atoms with Gasteiger partial charge < -0.3 is 4.57 Å². The summed E-state index contributed by atoms with van der Waals surface area (Å²) in [7, 11) is 0. The number of hydrogen-bond acceptors (Lipinski definition) is 1. The zero-order valence-corrected chi connectivity index (χ0v) is 11.7. The molecule has 1 fully saturated rings. The van der Waals surface area contributed by atoms with Crippen molar-refractivity contribution in [3.63, 3.8) is 0 Å².